The molecule has 4 rings (SSSR count). The summed E-state index contributed by atoms with van der Waals surface area (Å²) in [5.74, 6) is 0. The Hall–Kier alpha value is -1.43. The monoisotopic (exact) mass is 400 g/mol. The number of piperidine rings is 2. The van der Waals surface area contributed by atoms with E-state index in [1.54, 1.807) is 0 Å². The highest BCUT2D eigenvalue weighted by atomic mass is 32.1. The second kappa shape index (κ2) is 8.29. The molecular weight excluding hydrogens is 370 g/mol. The summed E-state index contributed by atoms with van der Waals surface area (Å²) in [7, 11) is 0. The Morgan fingerprint density at radius 3 is 2.48 bits per heavy atom. The van der Waals surface area contributed by atoms with Crippen LogP contribution in [0.25, 0.3) is 0 Å². The van der Waals surface area contributed by atoms with Crippen molar-refractivity contribution in [2.75, 3.05) is 5.32 Å². The summed E-state index contributed by atoms with van der Waals surface area (Å²) in [6.45, 7) is 5.45. The molecule has 2 atom stereocenters. The molecule has 0 spiro atoms. The van der Waals surface area contributed by atoms with Crippen molar-refractivity contribution in [3.63, 3.8) is 0 Å². The molecule has 3 nitrogen and oxygen atoms in total. The lowest BCUT2D eigenvalue weighted by Gasteiger charge is -2.46. The summed E-state index contributed by atoms with van der Waals surface area (Å²) in [4.78, 5) is 3.34. The normalized spacial score (nSPS) is 27.2. The molecule has 2 fully saturated rings. The van der Waals surface area contributed by atoms with E-state index in [9.17, 15) is 0 Å². The van der Waals surface area contributed by atoms with Gasteiger partial charge in [-0.25, -0.2) is 0 Å². The quantitative estimate of drug-likeness (QED) is 0.682. The Labute approximate surface area is 172 Å². The average molecular weight is 401 g/mol. The summed E-state index contributed by atoms with van der Waals surface area (Å²) in [6.07, 6.45) is 6.55. The fourth-order valence-corrected chi connectivity index (χ4v) is 6.08. The van der Waals surface area contributed by atoms with Crippen LogP contribution in [0, 0.1) is 13.8 Å². The molecule has 3 N–H and O–H groups in total. The van der Waals surface area contributed by atoms with Crippen molar-refractivity contribution in [1.29, 1.82) is 0 Å². The number of hydrogen-bond donors (Lipinski definition) is 3. The number of benzene rings is 1. The maximum absolute atomic E-state index is 5.63. The second-order valence-electron chi connectivity index (χ2n) is 8.30. The second-order valence-corrected chi connectivity index (χ2v) is 9.74. The first-order valence-electron chi connectivity index (χ1n) is 10.1. The van der Waals surface area contributed by atoms with Crippen LogP contribution in [0.1, 0.15) is 48.1 Å². The molecule has 2 bridgehead atoms. The minimum atomic E-state index is 0.498. The van der Waals surface area contributed by atoms with E-state index < -0.39 is 0 Å². The van der Waals surface area contributed by atoms with E-state index in [1.165, 1.54) is 54.7 Å². The summed E-state index contributed by atoms with van der Waals surface area (Å²) >= 11 is 7.53. The van der Waals surface area contributed by atoms with Crippen LogP contribution in [0.2, 0.25) is 0 Å². The summed E-state index contributed by atoms with van der Waals surface area (Å²) < 4.78 is 0. The van der Waals surface area contributed by atoms with Gasteiger partial charge in [-0.05, 0) is 80.0 Å². The fourth-order valence-electron chi connectivity index (χ4n) is 5.06. The number of rotatable bonds is 4. The third-order valence-electron chi connectivity index (χ3n) is 6.07. The molecule has 0 radical (unpaired) electrons. The van der Waals surface area contributed by atoms with Crippen molar-refractivity contribution in [1.82, 2.24) is 5.32 Å². The molecule has 1 aromatic carbocycles. The molecule has 2 aliphatic rings. The van der Waals surface area contributed by atoms with E-state index in [4.69, 9.17) is 12.2 Å². The Balaban J connectivity index is 1.36. The highest BCUT2D eigenvalue weighted by Gasteiger charge is 2.42. The standard InChI is InChI=1S/C22H29N3S2/c1-15-9-16(2)11-17(10-15)23-22(26)24-18-12-19-5-3-6-20(13-18)25(19)14-21-7-4-8-27-21/h4,7-11,18-20H,3,5-6,12-14H2,1-2H3,(H2,23,24,26)/p+1/t19-,20-/m1/s1. The SMILES string of the molecule is Cc1cc(C)cc(NC(=S)NC2C[C@H]3CCC[C@H](C2)[NH+]3Cc2cccs2)c1. The van der Waals surface area contributed by atoms with Crippen molar-refractivity contribution >= 4 is 34.4 Å². The maximum atomic E-state index is 5.63. The predicted octanol–water partition coefficient (Wildman–Crippen LogP) is 3.82. The Kier molecular flexibility index (Phi) is 5.81. The number of nitrogens with one attached hydrogen (secondary N) is 3. The molecule has 0 aliphatic carbocycles. The van der Waals surface area contributed by atoms with Crippen LogP contribution in [0.4, 0.5) is 5.69 Å². The molecule has 0 unspecified atom stereocenters. The van der Waals surface area contributed by atoms with Crippen LogP contribution < -0.4 is 15.5 Å². The zero-order chi connectivity index (χ0) is 18.8. The van der Waals surface area contributed by atoms with Gasteiger partial charge in [0.25, 0.3) is 0 Å². The average Bonchev–Trinajstić information content (AvgIpc) is 3.07. The molecule has 27 heavy (non-hydrogen) atoms. The van der Waals surface area contributed by atoms with Crippen LogP contribution >= 0.6 is 23.6 Å². The molecule has 2 aromatic rings. The van der Waals surface area contributed by atoms with E-state index in [0.717, 1.165) is 22.9 Å². The Bertz CT molecular complexity index is 753. The zero-order valence-electron chi connectivity index (χ0n) is 16.3. The van der Waals surface area contributed by atoms with Gasteiger partial charge < -0.3 is 15.5 Å². The van der Waals surface area contributed by atoms with Gasteiger partial charge in [0.1, 0.15) is 6.54 Å². The smallest absolute Gasteiger partial charge is 0.171 e. The van der Waals surface area contributed by atoms with Crippen LogP contribution in [0.15, 0.2) is 35.7 Å². The van der Waals surface area contributed by atoms with Crippen molar-refractivity contribution in [3.05, 3.63) is 51.7 Å². The molecule has 1 aromatic heterocycles. The molecule has 0 saturated carbocycles. The Morgan fingerprint density at radius 2 is 1.85 bits per heavy atom. The first-order valence-corrected chi connectivity index (χ1v) is 11.4. The van der Waals surface area contributed by atoms with E-state index in [0.29, 0.717) is 6.04 Å². The van der Waals surface area contributed by atoms with Gasteiger partial charge in [0.15, 0.2) is 5.11 Å². The number of fused-ring (bicyclic) bond motifs is 2. The first kappa shape index (κ1) is 18.9. The third kappa shape index (κ3) is 4.71. The van der Waals surface area contributed by atoms with E-state index >= 15 is 0 Å². The maximum Gasteiger partial charge on any atom is 0.171 e. The summed E-state index contributed by atoms with van der Waals surface area (Å²) in [5.41, 5.74) is 3.62. The molecule has 5 heteroatoms. The minimum Gasteiger partial charge on any atom is -0.359 e. The van der Waals surface area contributed by atoms with Gasteiger partial charge >= 0.3 is 0 Å². The van der Waals surface area contributed by atoms with Gasteiger partial charge in [-0.15, -0.1) is 11.3 Å². The molecule has 2 aliphatic heterocycles. The van der Waals surface area contributed by atoms with Gasteiger partial charge in [0.2, 0.25) is 0 Å². The molecule has 0 amide bonds. The van der Waals surface area contributed by atoms with Crippen LogP contribution in [-0.2, 0) is 6.54 Å². The lowest BCUT2D eigenvalue weighted by molar-refractivity contribution is -0.973. The largest absolute Gasteiger partial charge is 0.359 e. The minimum absolute atomic E-state index is 0.498. The number of anilines is 1. The van der Waals surface area contributed by atoms with Gasteiger partial charge in [-0.1, -0.05) is 12.1 Å². The van der Waals surface area contributed by atoms with E-state index in [1.807, 2.05) is 16.2 Å². The van der Waals surface area contributed by atoms with Crippen LogP contribution in [0.5, 0.6) is 0 Å². The van der Waals surface area contributed by atoms with Gasteiger partial charge in [0.05, 0.1) is 17.0 Å². The molecule has 3 heterocycles. The van der Waals surface area contributed by atoms with Gasteiger partial charge in [-0.2, -0.15) is 0 Å². The van der Waals surface area contributed by atoms with Gasteiger partial charge in [-0.3, -0.25) is 0 Å². The first-order chi connectivity index (χ1) is 13.1. The highest BCUT2D eigenvalue weighted by Crippen LogP contribution is 2.23. The lowest BCUT2D eigenvalue weighted by atomic mass is 9.81. The Morgan fingerprint density at radius 1 is 1.15 bits per heavy atom. The van der Waals surface area contributed by atoms with Gasteiger partial charge in [0, 0.05) is 24.6 Å². The lowest BCUT2D eigenvalue weighted by Crippen LogP contribution is -3.20. The predicted molar refractivity (Wildman–Crippen MR) is 119 cm³/mol. The fraction of sp³-hybridized carbons (Fsp3) is 0.500. The number of thiocarbonyl (C=S) groups is 1. The van der Waals surface area contributed by atoms with Crippen LogP contribution in [0.3, 0.4) is 0 Å². The zero-order valence-corrected chi connectivity index (χ0v) is 17.9. The van der Waals surface area contributed by atoms with Crippen molar-refractivity contribution < 1.29 is 4.90 Å². The summed E-state index contributed by atoms with van der Waals surface area (Å²) in [5, 5.41) is 10.00. The number of quaternary nitrogens is 1. The van der Waals surface area contributed by atoms with Crippen molar-refractivity contribution in [2.45, 2.75) is 70.6 Å². The molecular formula is C22H30N3S2+. The molecule has 2 saturated heterocycles. The summed E-state index contributed by atoms with van der Waals surface area (Å²) in [6, 6.07) is 13.0. The molecule has 144 valence electrons. The topological polar surface area (TPSA) is 28.5 Å². The van der Waals surface area contributed by atoms with Crippen LogP contribution in [-0.4, -0.2) is 23.2 Å². The van der Waals surface area contributed by atoms with E-state index in [-0.39, 0.29) is 0 Å². The van der Waals surface area contributed by atoms with Crippen molar-refractivity contribution in [3.8, 4) is 0 Å². The van der Waals surface area contributed by atoms with E-state index in [2.05, 4.69) is 60.2 Å². The third-order valence-corrected chi connectivity index (χ3v) is 7.16. The number of hydrogen-bond acceptors (Lipinski definition) is 2. The highest BCUT2D eigenvalue weighted by molar-refractivity contribution is 7.80. The number of thiophene rings is 1. The number of aryl methyl sites for hydroxylation is 2. The van der Waals surface area contributed by atoms with Crippen molar-refractivity contribution in [2.24, 2.45) is 0 Å².